The van der Waals surface area contributed by atoms with Crippen LogP contribution in [0.25, 0.3) is 0 Å². The van der Waals surface area contributed by atoms with Crippen LogP contribution in [-0.2, 0) is 6.42 Å². The van der Waals surface area contributed by atoms with Crippen LogP contribution < -0.4 is 10.1 Å². The molecule has 0 amide bonds. The van der Waals surface area contributed by atoms with Gasteiger partial charge in [-0.3, -0.25) is 0 Å². The van der Waals surface area contributed by atoms with E-state index in [0.29, 0.717) is 0 Å². The van der Waals surface area contributed by atoms with Crippen molar-refractivity contribution in [1.82, 2.24) is 5.32 Å². The summed E-state index contributed by atoms with van der Waals surface area (Å²) in [5.41, 5.74) is 1.22. The zero-order valence-corrected chi connectivity index (χ0v) is 13.2. The molecule has 1 N–H and O–H groups in total. The maximum atomic E-state index is 6.05. The monoisotopic (exact) mass is 275 g/mol. The summed E-state index contributed by atoms with van der Waals surface area (Å²) in [5, 5.41) is 3.47. The van der Waals surface area contributed by atoms with Crippen molar-refractivity contribution in [3.63, 3.8) is 0 Å². The van der Waals surface area contributed by atoms with Crippen molar-refractivity contribution in [1.29, 1.82) is 0 Å². The predicted octanol–water partition coefficient (Wildman–Crippen LogP) is 4.21. The van der Waals surface area contributed by atoms with E-state index in [1.165, 1.54) is 5.56 Å². The molecular weight excluding hydrogens is 246 g/mol. The van der Waals surface area contributed by atoms with Crippen LogP contribution >= 0.6 is 0 Å². The Kier molecular flexibility index (Phi) is 8.05. The summed E-state index contributed by atoms with van der Waals surface area (Å²) in [4.78, 5) is 0. The van der Waals surface area contributed by atoms with Crippen LogP contribution in [0, 0.1) is 5.92 Å². The van der Waals surface area contributed by atoms with Gasteiger partial charge in [0.15, 0.2) is 0 Å². The molecule has 0 aliphatic rings. The molecule has 20 heavy (non-hydrogen) atoms. The minimum atomic E-state index is 0.252. The smallest absolute Gasteiger partial charge is 0.123 e. The predicted molar refractivity (Wildman–Crippen MR) is 87.4 cm³/mol. The van der Waals surface area contributed by atoms with Gasteiger partial charge in [0.2, 0.25) is 0 Å². The molecule has 1 atom stereocenters. The lowest BCUT2D eigenvalue weighted by atomic mass is 10.1. The number of para-hydroxylation sites is 1. The first-order chi connectivity index (χ1) is 9.63. The zero-order valence-electron chi connectivity index (χ0n) is 13.2. The fraction of sp³-hybridized carbons (Fsp3) is 0.556. The van der Waals surface area contributed by atoms with E-state index in [2.05, 4.69) is 38.7 Å². The molecule has 0 spiro atoms. The Labute approximate surface area is 124 Å². The Morgan fingerprint density at radius 3 is 2.70 bits per heavy atom. The molecule has 0 heterocycles. The largest absolute Gasteiger partial charge is 0.490 e. The van der Waals surface area contributed by atoms with Crippen molar-refractivity contribution >= 4 is 0 Å². The third-order valence-electron chi connectivity index (χ3n) is 3.18. The van der Waals surface area contributed by atoms with Gasteiger partial charge in [0, 0.05) is 0 Å². The van der Waals surface area contributed by atoms with Gasteiger partial charge in [-0.05, 0) is 56.8 Å². The Morgan fingerprint density at radius 1 is 1.25 bits per heavy atom. The second-order valence-electron chi connectivity index (χ2n) is 5.77. The standard InChI is InChI=1S/C18H29NO/c1-5-9-17-11-6-7-12-18(17)20-16(4)10-8-13-19-14-15(2)3/h5-7,11-12,15-16,19H,1,8-10,13-14H2,2-4H3. The number of ether oxygens (including phenoxy) is 1. The van der Waals surface area contributed by atoms with Crippen LogP contribution in [0.3, 0.4) is 0 Å². The van der Waals surface area contributed by atoms with Crippen LogP contribution in [-0.4, -0.2) is 19.2 Å². The number of nitrogens with one attached hydrogen (secondary N) is 1. The first-order valence-corrected chi connectivity index (χ1v) is 7.69. The minimum Gasteiger partial charge on any atom is -0.490 e. The van der Waals surface area contributed by atoms with Gasteiger partial charge < -0.3 is 10.1 Å². The maximum absolute atomic E-state index is 6.05. The Bertz CT molecular complexity index is 387. The van der Waals surface area contributed by atoms with Gasteiger partial charge in [-0.15, -0.1) is 6.58 Å². The van der Waals surface area contributed by atoms with Gasteiger partial charge in [0.25, 0.3) is 0 Å². The Morgan fingerprint density at radius 2 is 2.00 bits per heavy atom. The van der Waals surface area contributed by atoms with E-state index in [4.69, 9.17) is 4.74 Å². The SMILES string of the molecule is C=CCc1ccccc1OC(C)CCCNCC(C)C. The number of rotatable bonds is 10. The molecule has 0 aliphatic carbocycles. The molecule has 2 nitrogen and oxygen atoms in total. The maximum Gasteiger partial charge on any atom is 0.123 e. The van der Waals surface area contributed by atoms with E-state index in [-0.39, 0.29) is 6.10 Å². The summed E-state index contributed by atoms with van der Waals surface area (Å²) in [7, 11) is 0. The summed E-state index contributed by atoms with van der Waals surface area (Å²) in [6, 6.07) is 8.23. The zero-order chi connectivity index (χ0) is 14.8. The van der Waals surface area contributed by atoms with E-state index in [1.54, 1.807) is 0 Å². The van der Waals surface area contributed by atoms with Crippen molar-refractivity contribution < 1.29 is 4.74 Å². The van der Waals surface area contributed by atoms with Gasteiger partial charge in [0.05, 0.1) is 6.10 Å². The van der Waals surface area contributed by atoms with E-state index in [0.717, 1.165) is 44.0 Å². The van der Waals surface area contributed by atoms with Gasteiger partial charge in [0.1, 0.15) is 5.75 Å². The molecule has 0 bridgehead atoms. The average Bonchev–Trinajstić information content (AvgIpc) is 2.40. The number of hydrogen-bond acceptors (Lipinski definition) is 2. The lowest BCUT2D eigenvalue weighted by Gasteiger charge is -2.17. The third-order valence-corrected chi connectivity index (χ3v) is 3.18. The highest BCUT2D eigenvalue weighted by Gasteiger charge is 2.07. The lowest BCUT2D eigenvalue weighted by Crippen LogP contribution is -2.22. The van der Waals surface area contributed by atoms with Crippen LogP contribution in [0.5, 0.6) is 5.75 Å². The Hall–Kier alpha value is -1.28. The van der Waals surface area contributed by atoms with Crippen molar-refractivity contribution in [2.75, 3.05) is 13.1 Å². The molecule has 0 saturated carbocycles. The molecule has 1 rings (SSSR count). The molecule has 0 aromatic heterocycles. The molecule has 112 valence electrons. The second kappa shape index (κ2) is 9.60. The van der Waals surface area contributed by atoms with E-state index in [9.17, 15) is 0 Å². The molecule has 1 aromatic carbocycles. The highest BCUT2D eigenvalue weighted by Crippen LogP contribution is 2.21. The van der Waals surface area contributed by atoms with Gasteiger partial charge >= 0.3 is 0 Å². The molecule has 0 radical (unpaired) electrons. The molecule has 1 unspecified atom stereocenters. The van der Waals surface area contributed by atoms with Crippen LogP contribution in [0.4, 0.5) is 0 Å². The van der Waals surface area contributed by atoms with Gasteiger partial charge in [-0.2, -0.15) is 0 Å². The fourth-order valence-corrected chi connectivity index (χ4v) is 2.12. The summed E-state index contributed by atoms with van der Waals surface area (Å²) in [6.45, 7) is 12.6. The van der Waals surface area contributed by atoms with Crippen LogP contribution in [0.1, 0.15) is 39.2 Å². The first-order valence-electron chi connectivity index (χ1n) is 7.69. The Balaban J connectivity index is 2.31. The third kappa shape index (κ3) is 6.76. The second-order valence-corrected chi connectivity index (χ2v) is 5.77. The molecule has 0 aliphatic heterocycles. The molecule has 1 aromatic rings. The minimum absolute atomic E-state index is 0.252. The number of allylic oxidation sites excluding steroid dienone is 1. The van der Waals surface area contributed by atoms with E-state index < -0.39 is 0 Å². The molecule has 0 saturated heterocycles. The van der Waals surface area contributed by atoms with Gasteiger partial charge in [-0.1, -0.05) is 38.1 Å². The first kappa shape index (κ1) is 16.8. The number of benzene rings is 1. The summed E-state index contributed by atoms with van der Waals surface area (Å²) in [6.07, 6.45) is 5.26. The van der Waals surface area contributed by atoms with Crippen LogP contribution in [0.15, 0.2) is 36.9 Å². The van der Waals surface area contributed by atoms with Crippen molar-refractivity contribution in [3.05, 3.63) is 42.5 Å². The quantitative estimate of drug-likeness (QED) is 0.510. The highest BCUT2D eigenvalue weighted by atomic mass is 16.5. The van der Waals surface area contributed by atoms with E-state index in [1.807, 2.05) is 24.3 Å². The lowest BCUT2D eigenvalue weighted by molar-refractivity contribution is 0.205. The van der Waals surface area contributed by atoms with Crippen molar-refractivity contribution in [3.8, 4) is 5.75 Å². The highest BCUT2D eigenvalue weighted by molar-refractivity contribution is 5.34. The normalized spacial score (nSPS) is 12.4. The van der Waals surface area contributed by atoms with Crippen LogP contribution in [0.2, 0.25) is 0 Å². The fourth-order valence-electron chi connectivity index (χ4n) is 2.12. The average molecular weight is 275 g/mol. The molecular formula is C18H29NO. The molecule has 2 heteroatoms. The molecule has 0 fully saturated rings. The van der Waals surface area contributed by atoms with E-state index >= 15 is 0 Å². The summed E-state index contributed by atoms with van der Waals surface area (Å²) in [5.74, 6) is 1.71. The summed E-state index contributed by atoms with van der Waals surface area (Å²) >= 11 is 0. The van der Waals surface area contributed by atoms with Crippen molar-refractivity contribution in [2.45, 2.75) is 46.1 Å². The summed E-state index contributed by atoms with van der Waals surface area (Å²) < 4.78 is 6.05. The van der Waals surface area contributed by atoms with Gasteiger partial charge in [-0.25, -0.2) is 0 Å². The van der Waals surface area contributed by atoms with Crippen molar-refractivity contribution in [2.24, 2.45) is 5.92 Å². The topological polar surface area (TPSA) is 21.3 Å². The number of hydrogen-bond donors (Lipinski definition) is 1.